The van der Waals surface area contributed by atoms with Crippen molar-refractivity contribution in [2.45, 2.75) is 18.9 Å². The van der Waals surface area contributed by atoms with E-state index in [4.69, 9.17) is 9.84 Å². The Labute approximate surface area is 70.7 Å². The zero-order chi connectivity index (χ0) is 8.29. The van der Waals surface area contributed by atoms with Crippen molar-refractivity contribution in [3.8, 4) is 0 Å². The average molecular weight is 168 g/mol. The predicted octanol–water partition coefficient (Wildman–Crippen LogP) is 0.176. The van der Waals surface area contributed by atoms with Gasteiger partial charge in [-0.3, -0.25) is 4.79 Å². The molecule has 1 aliphatic heterocycles. The number of hydrogen-bond acceptors (Lipinski definition) is 3. The van der Waals surface area contributed by atoms with E-state index in [9.17, 15) is 4.79 Å². The van der Waals surface area contributed by atoms with Crippen molar-refractivity contribution in [3.05, 3.63) is 0 Å². The molecular formula is C9H12O3. The molecule has 1 saturated heterocycles. The number of esters is 1. The van der Waals surface area contributed by atoms with Crippen LogP contribution in [-0.4, -0.2) is 23.8 Å². The summed E-state index contributed by atoms with van der Waals surface area (Å²) in [5.41, 5.74) is 0. The Bertz CT molecular complexity index is 236. The van der Waals surface area contributed by atoms with E-state index in [2.05, 4.69) is 0 Å². The minimum absolute atomic E-state index is 0.0405. The van der Waals surface area contributed by atoms with E-state index in [1.54, 1.807) is 0 Å². The van der Waals surface area contributed by atoms with Crippen LogP contribution in [0.2, 0.25) is 0 Å². The molecule has 12 heavy (non-hydrogen) atoms. The molecule has 3 heteroatoms. The predicted molar refractivity (Wildman–Crippen MR) is 40.2 cm³/mol. The molecule has 1 N–H and O–H groups in total. The van der Waals surface area contributed by atoms with Crippen LogP contribution in [0.25, 0.3) is 0 Å². The number of carbonyl (C=O) groups excluding carboxylic acids is 1. The van der Waals surface area contributed by atoms with E-state index in [-0.39, 0.29) is 30.5 Å². The number of rotatable bonds is 1. The lowest BCUT2D eigenvalue weighted by atomic mass is 9.81. The normalized spacial score (nSPS) is 54.8. The monoisotopic (exact) mass is 168 g/mol. The van der Waals surface area contributed by atoms with Crippen molar-refractivity contribution >= 4 is 5.97 Å². The summed E-state index contributed by atoms with van der Waals surface area (Å²) in [6.45, 7) is 0.160. The number of hydrogen-bond donors (Lipinski definition) is 1. The third kappa shape index (κ3) is 0.600. The topological polar surface area (TPSA) is 46.5 Å². The highest BCUT2D eigenvalue weighted by Crippen LogP contribution is 2.57. The Kier molecular flexibility index (Phi) is 1.16. The molecule has 0 spiro atoms. The van der Waals surface area contributed by atoms with Crippen molar-refractivity contribution in [2.75, 3.05) is 6.61 Å². The molecule has 2 saturated carbocycles. The SMILES string of the molecule is O=C1OC2CC3CC2C1C3CO. The smallest absolute Gasteiger partial charge is 0.310 e. The van der Waals surface area contributed by atoms with Crippen LogP contribution in [0.5, 0.6) is 0 Å². The fourth-order valence-electron chi connectivity index (χ4n) is 3.38. The molecule has 3 fully saturated rings. The van der Waals surface area contributed by atoms with Crippen LogP contribution in [0.1, 0.15) is 12.8 Å². The summed E-state index contributed by atoms with van der Waals surface area (Å²) >= 11 is 0. The van der Waals surface area contributed by atoms with E-state index in [0.29, 0.717) is 11.8 Å². The fraction of sp³-hybridized carbons (Fsp3) is 0.889. The highest BCUT2D eigenvalue weighted by molar-refractivity contribution is 5.77. The highest BCUT2D eigenvalue weighted by atomic mass is 16.6. The zero-order valence-corrected chi connectivity index (χ0v) is 6.77. The van der Waals surface area contributed by atoms with E-state index in [1.165, 1.54) is 0 Å². The zero-order valence-electron chi connectivity index (χ0n) is 6.77. The molecule has 5 atom stereocenters. The Morgan fingerprint density at radius 1 is 1.50 bits per heavy atom. The molecule has 3 nitrogen and oxygen atoms in total. The van der Waals surface area contributed by atoms with Crippen molar-refractivity contribution in [3.63, 3.8) is 0 Å². The van der Waals surface area contributed by atoms with Crippen molar-refractivity contribution in [1.29, 1.82) is 0 Å². The van der Waals surface area contributed by atoms with Gasteiger partial charge in [0.25, 0.3) is 0 Å². The van der Waals surface area contributed by atoms with E-state index < -0.39 is 0 Å². The van der Waals surface area contributed by atoms with Crippen LogP contribution in [0.15, 0.2) is 0 Å². The third-order valence-corrected chi connectivity index (χ3v) is 3.87. The largest absolute Gasteiger partial charge is 0.462 e. The van der Waals surface area contributed by atoms with Gasteiger partial charge in [-0.1, -0.05) is 0 Å². The molecule has 2 aliphatic carbocycles. The Morgan fingerprint density at radius 3 is 3.08 bits per heavy atom. The Morgan fingerprint density at radius 2 is 2.33 bits per heavy atom. The second-order valence-electron chi connectivity index (χ2n) is 4.24. The van der Waals surface area contributed by atoms with Gasteiger partial charge in [0, 0.05) is 12.5 Å². The standard InChI is InChI=1S/C9H12O3/c10-3-6-4-1-5-7(2-4)12-9(11)8(5)6/h4-8,10H,1-3H2. The average Bonchev–Trinajstić information content (AvgIpc) is 2.61. The quantitative estimate of drug-likeness (QED) is 0.568. The molecule has 0 amide bonds. The van der Waals surface area contributed by atoms with Crippen LogP contribution in [0.4, 0.5) is 0 Å². The number of carbonyl (C=O) groups is 1. The minimum atomic E-state index is -0.0518. The van der Waals surface area contributed by atoms with Gasteiger partial charge in [-0.15, -0.1) is 0 Å². The molecule has 2 bridgehead atoms. The number of ether oxygens (including phenoxy) is 1. The molecule has 0 aromatic rings. The summed E-state index contributed by atoms with van der Waals surface area (Å²) in [6, 6.07) is 0. The summed E-state index contributed by atoms with van der Waals surface area (Å²) in [6.07, 6.45) is 2.31. The lowest BCUT2D eigenvalue weighted by Gasteiger charge is -2.21. The first-order valence-corrected chi connectivity index (χ1v) is 4.62. The summed E-state index contributed by atoms with van der Waals surface area (Å²) in [5, 5.41) is 9.12. The number of fused-ring (bicyclic) bond motifs is 1. The second-order valence-corrected chi connectivity index (χ2v) is 4.24. The van der Waals surface area contributed by atoms with Gasteiger partial charge < -0.3 is 9.84 Å². The molecule has 3 rings (SSSR count). The summed E-state index contributed by atoms with van der Waals surface area (Å²) in [4.78, 5) is 11.3. The van der Waals surface area contributed by atoms with Crippen molar-refractivity contribution in [1.82, 2.24) is 0 Å². The first-order chi connectivity index (χ1) is 5.81. The van der Waals surface area contributed by atoms with Gasteiger partial charge in [0.1, 0.15) is 6.10 Å². The summed E-state index contributed by atoms with van der Waals surface area (Å²) in [7, 11) is 0. The van der Waals surface area contributed by atoms with E-state index in [0.717, 1.165) is 12.8 Å². The second kappa shape index (κ2) is 2.02. The van der Waals surface area contributed by atoms with Gasteiger partial charge in [0.15, 0.2) is 0 Å². The fourth-order valence-corrected chi connectivity index (χ4v) is 3.38. The first-order valence-electron chi connectivity index (χ1n) is 4.62. The molecule has 3 aliphatic rings. The van der Waals surface area contributed by atoms with Crippen molar-refractivity contribution < 1.29 is 14.6 Å². The van der Waals surface area contributed by atoms with Crippen LogP contribution in [0, 0.1) is 23.7 Å². The van der Waals surface area contributed by atoms with Crippen LogP contribution < -0.4 is 0 Å². The Hall–Kier alpha value is -0.570. The molecular weight excluding hydrogens is 156 g/mol. The van der Waals surface area contributed by atoms with Gasteiger partial charge in [0.05, 0.1) is 5.92 Å². The molecule has 1 heterocycles. The van der Waals surface area contributed by atoms with Gasteiger partial charge in [0.2, 0.25) is 0 Å². The first kappa shape index (κ1) is 6.89. The third-order valence-electron chi connectivity index (χ3n) is 3.87. The lowest BCUT2D eigenvalue weighted by molar-refractivity contribution is -0.144. The maximum absolute atomic E-state index is 11.3. The van der Waals surface area contributed by atoms with Gasteiger partial charge in [-0.25, -0.2) is 0 Å². The molecule has 5 unspecified atom stereocenters. The Balaban J connectivity index is 1.98. The van der Waals surface area contributed by atoms with Crippen LogP contribution in [0.3, 0.4) is 0 Å². The van der Waals surface area contributed by atoms with E-state index >= 15 is 0 Å². The van der Waals surface area contributed by atoms with Gasteiger partial charge in [-0.05, 0) is 24.7 Å². The molecule has 0 radical (unpaired) electrons. The highest BCUT2D eigenvalue weighted by Gasteiger charge is 2.61. The lowest BCUT2D eigenvalue weighted by Crippen LogP contribution is -2.28. The maximum atomic E-state index is 11.3. The van der Waals surface area contributed by atoms with Gasteiger partial charge in [-0.2, -0.15) is 0 Å². The minimum Gasteiger partial charge on any atom is -0.462 e. The van der Waals surface area contributed by atoms with E-state index in [1.807, 2.05) is 0 Å². The van der Waals surface area contributed by atoms with Gasteiger partial charge >= 0.3 is 5.97 Å². The maximum Gasteiger partial charge on any atom is 0.310 e. The summed E-state index contributed by atoms with van der Waals surface area (Å²) < 4.78 is 5.22. The number of aliphatic hydroxyl groups excluding tert-OH is 1. The molecule has 0 aromatic carbocycles. The van der Waals surface area contributed by atoms with Crippen molar-refractivity contribution in [2.24, 2.45) is 23.7 Å². The molecule has 66 valence electrons. The molecule has 0 aromatic heterocycles. The van der Waals surface area contributed by atoms with Crippen LogP contribution in [-0.2, 0) is 9.53 Å². The number of aliphatic hydroxyl groups is 1. The summed E-state index contributed by atoms with van der Waals surface area (Å²) in [5.74, 6) is 1.20. The van der Waals surface area contributed by atoms with Crippen LogP contribution >= 0.6 is 0 Å².